The zero-order valence-corrected chi connectivity index (χ0v) is 9.36. The quantitative estimate of drug-likeness (QED) is 0.803. The Balaban J connectivity index is 2.42. The van der Waals surface area contributed by atoms with Crippen LogP contribution in [0.5, 0.6) is 5.75 Å². The van der Waals surface area contributed by atoms with Crippen LogP contribution >= 0.6 is 0 Å². The maximum atomic E-state index is 6.10. The van der Waals surface area contributed by atoms with Crippen LogP contribution in [-0.2, 0) is 0 Å². The largest absolute Gasteiger partial charge is 0.497 e. The monoisotopic (exact) mass is 206 g/mol. The fourth-order valence-electron chi connectivity index (χ4n) is 2.14. The van der Waals surface area contributed by atoms with Crippen LogP contribution in [0.1, 0.15) is 24.9 Å². The first-order chi connectivity index (χ1) is 7.26. The number of hydrogen-bond donors (Lipinski definition) is 1. The van der Waals surface area contributed by atoms with Gasteiger partial charge in [0.2, 0.25) is 0 Å². The van der Waals surface area contributed by atoms with Gasteiger partial charge in [-0.05, 0) is 37.1 Å². The number of methoxy groups -OCH3 is 1. The van der Waals surface area contributed by atoms with Gasteiger partial charge in [-0.2, -0.15) is 0 Å². The second-order valence-electron chi connectivity index (χ2n) is 3.90. The van der Waals surface area contributed by atoms with Crippen molar-refractivity contribution >= 4 is 5.69 Å². The minimum Gasteiger partial charge on any atom is -0.497 e. The molecule has 0 aliphatic carbocycles. The summed E-state index contributed by atoms with van der Waals surface area (Å²) in [7, 11) is 1.69. The van der Waals surface area contributed by atoms with Crippen LogP contribution in [-0.4, -0.2) is 20.2 Å². The lowest BCUT2D eigenvalue weighted by Gasteiger charge is -2.33. The van der Waals surface area contributed by atoms with E-state index in [2.05, 4.69) is 24.0 Å². The van der Waals surface area contributed by atoms with Crippen molar-refractivity contribution in [2.45, 2.75) is 19.4 Å². The summed E-state index contributed by atoms with van der Waals surface area (Å²) < 4.78 is 5.22. The van der Waals surface area contributed by atoms with Crippen LogP contribution in [0.15, 0.2) is 18.2 Å². The lowest BCUT2D eigenvalue weighted by atomic mass is 9.97. The molecule has 0 amide bonds. The predicted octanol–water partition coefficient (Wildman–Crippen LogP) is 1.92. The highest BCUT2D eigenvalue weighted by Crippen LogP contribution is 2.34. The van der Waals surface area contributed by atoms with Crippen LogP contribution in [0.25, 0.3) is 0 Å². The average molecular weight is 206 g/mol. The van der Waals surface area contributed by atoms with Gasteiger partial charge in [0.1, 0.15) is 5.75 Å². The van der Waals surface area contributed by atoms with Gasteiger partial charge in [-0.3, -0.25) is 0 Å². The highest BCUT2D eigenvalue weighted by Gasteiger charge is 2.21. The van der Waals surface area contributed by atoms with Crippen molar-refractivity contribution < 1.29 is 4.74 Å². The van der Waals surface area contributed by atoms with E-state index >= 15 is 0 Å². The third-order valence-corrected chi connectivity index (χ3v) is 3.07. The van der Waals surface area contributed by atoms with E-state index in [1.807, 2.05) is 6.07 Å². The topological polar surface area (TPSA) is 38.5 Å². The third-order valence-electron chi connectivity index (χ3n) is 3.07. The number of nitrogens with zero attached hydrogens (tertiary/aromatic N) is 1. The summed E-state index contributed by atoms with van der Waals surface area (Å²) in [5.74, 6) is 0.891. The van der Waals surface area contributed by atoms with E-state index in [0.29, 0.717) is 0 Å². The summed E-state index contributed by atoms with van der Waals surface area (Å²) in [5.41, 5.74) is 8.58. The van der Waals surface area contributed by atoms with E-state index < -0.39 is 0 Å². The first-order valence-corrected chi connectivity index (χ1v) is 5.44. The van der Waals surface area contributed by atoms with Crippen molar-refractivity contribution in [3.8, 4) is 5.75 Å². The molecule has 0 radical (unpaired) electrons. The molecular formula is C12H18N2O. The molecule has 3 heteroatoms. The Morgan fingerprint density at radius 2 is 2.33 bits per heavy atom. The molecule has 1 unspecified atom stereocenters. The number of ether oxygens (including phenoxy) is 1. The summed E-state index contributed by atoms with van der Waals surface area (Å²) in [6.45, 7) is 4.26. The van der Waals surface area contributed by atoms with Gasteiger partial charge in [0.25, 0.3) is 0 Å². The fraction of sp³-hybridized carbons (Fsp3) is 0.500. The number of rotatable bonds is 2. The third kappa shape index (κ3) is 1.79. The zero-order valence-electron chi connectivity index (χ0n) is 9.36. The Morgan fingerprint density at radius 3 is 3.00 bits per heavy atom. The second kappa shape index (κ2) is 4.11. The highest BCUT2D eigenvalue weighted by molar-refractivity contribution is 5.59. The van der Waals surface area contributed by atoms with Crippen LogP contribution in [0.4, 0.5) is 5.69 Å². The van der Waals surface area contributed by atoms with Crippen LogP contribution in [0.2, 0.25) is 0 Å². The fourth-order valence-corrected chi connectivity index (χ4v) is 2.14. The minimum absolute atomic E-state index is 0.151. The minimum atomic E-state index is 0.151. The molecule has 0 fully saturated rings. The molecule has 3 nitrogen and oxygen atoms in total. The Bertz CT molecular complexity index is 351. The summed E-state index contributed by atoms with van der Waals surface area (Å²) in [4.78, 5) is 2.36. The lowest BCUT2D eigenvalue weighted by Crippen LogP contribution is -2.33. The number of nitrogens with two attached hydrogens (primary N) is 1. The van der Waals surface area contributed by atoms with Crippen molar-refractivity contribution in [1.29, 1.82) is 0 Å². The molecule has 0 saturated heterocycles. The standard InChI is InChI=1S/C12H18N2O/c1-3-14-7-6-11(13)10-8-9(15-2)4-5-12(10)14/h4-5,8,11H,3,6-7,13H2,1-2H3. The molecule has 1 aromatic rings. The van der Waals surface area contributed by atoms with Crippen molar-refractivity contribution in [1.82, 2.24) is 0 Å². The first kappa shape index (κ1) is 10.3. The smallest absolute Gasteiger partial charge is 0.119 e. The maximum Gasteiger partial charge on any atom is 0.119 e. The number of anilines is 1. The van der Waals surface area contributed by atoms with Crippen molar-refractivity contribution in [2.24, 2.45) is 5.73 Å². The van der Waals surface area contributed by atoms with Crippen molar-refractivity contribution in [2.75, 3.05) is 25.1 Å². The molecule has 2 rings (SSSR count). The SMILES string of the molecule is CCN1CCC(N)c2cc(OC)ccc21. The van der Waals surface area contributed by atoms with E-state index in [1.165, 1.54) is 11.3 Å². The highest BCUT2D eigenvalue weighted by atomic mass is 16.5. The molecule has 0 bridgehead atoms. The summed E-state index contributed by atoms with van der Waals surface area (Å²) in [5, 5.41) is 0. The van der Waals surface area contributed by atoms with Gasteiger partial charge in [0.05, 0.1) is 7.11 Å². The molecule has 2 N–H and O–H groups in total. The summed E-state index contributed by atoms with van der Waals surface area (Å²) in [6, 6.07) is 6.32. The summed E-state index contributed by atoms with van der Waals surface area (Å²) in [6.07, 6.45) is 1.02. The molecule has 1 aromatic carbocycles. The second-order valence-corrected chi connectivity index (χ2v) is 3.90. The van der Waals surface area contributed by atoms with Crippen LogP contribution in [0, 0.1) is 0 Å². The molecule has 1 heterocycles. The van der Waals surface area contributed by atoms with Gasteiger partial charge in [-0.1, -0.05) is 0 Å². The Hall–Kier alpha value is -1.22. The Kier molecular flexibility index (Phi) is 2.82. The Morgan fingerprint density at radius 1 is 1.53 bits per heavy atom. The molecule has 0 aromatic heterocycles. The average Bonchev–Trinajstić information content (AvgIpc) is 2.29. The molecule has 15 heavy (non-hydrogen) atoms. The van der Waals surface area contributed by atoms with Gasteiger partial charge in [0, 0.05) is 24.8 Å². The number of benzene rings is 1. The maximum absolute atomic E-state index is 6.10. The number of fused-ring (bicyclic) bond motifs is 1. The van der Waals surface area contributed by atoms with Crippen molar-refractivity contribution in [3.05, 3.63) is 23.8 Å². The van der Waals surface area contributed by atoms with Crippen molar-refractivity contribution in [3.63, 3.8) is 0 Å². The van der Waals surface area contributed by atoms with Gasteiger partial charge in [-0.25, -0.2) is 0 Å². The Labute approximate surface area is 90.8 Å². The van der Waals surface area contributed by atoms with E-state index in [4.69, 9.17) is 10.5 Å². The van der Waals surface area contributed by atoms with E-state index in [9.17, 15) is 0 Å². The molecule has 1 atom stereocenters. The van der Waals surface area contributed by atoms with Gasteiger partial charge < -0.3 is 15.4 Å². The summed E-state index contributed by atoms with van der Waals surface area (Å²) >= 11 is 0. The van der Waals surface area contributed by atoms with E-state index in [-0.39, 0.29) is 6.04 Å². The molecule has 82 valence electrons. The predicted molar refractivity (Wildman–Crippen MR) is 62.4 cm³/mol. The molecule has 1 aliphatic heterocycles. The van der Waals surface area contributed by atoms with Gasteiger partial charge >= 0.3 is 0 Å². The number of hydrogen-bond acceptors (Lipinski definition) is 3. The molecular weight excluding hydrogens is 188 g/mol. The molecule has 1 aliphatic rings. The molecule has 0 saturated carbocycles. The van der Waals surface area contributed by atoms with Crippen LogP contribution < -0.4 is 15.4 Å². The first-order valence-electron chi connectivity index (χ1n) is 5.44. The molecule has 0 spiro atoms. The van der Waals surface area contributed by atoms with E-state index in [1.54, 1.807) is 7.11 Å². The normalized spacial score (nSPS) is 19.9. The zero-order chi connectivity index (χ0) is 10.8. The lowest BCUT2D eigenvalue weighted by molar-refractivity contribution is 0.413. The van der Waals surface area contributed by atoms with E-state index in [0.717, 1.165) is 25.3 Å². The van der Waals surface area contributed by atoms with Gasteiger partial charge in [0.15, 0.2) is 0 Å². The van der Waals surface area contributed by atoms with Gasteiger partial charge in [-0.15, -0.1) is 0 Å². The van der Waals surface area contributed by atoms with Crippen LogP contribution in [0.3, 0.4) is 0 Å².